The SMILES string of the molecule is CCOC(=O)COc1ccc2c(c1)C[C@@H](NC[C@H](O)c1cccc(Cl)c1)CCC2.Cl.O. The Kier molecular flexibility index (Phi) is 11.9. The largest absolute Gasteiger partial charge is 0.482 e. The highest BCUT2D eigenvalue weighted by Gasteiger charge is 2.19. The van der Waals surface area contributed by atoms with Crippen LogP contribution in [0.3, 0.4) is 0 Å². The highest BCUT2D eigenvalue weighted by molar-refractivity contribution is 6.30. The summed E-state index contributed by atoms with van der Waals surface area (Å²) in [6, 6.07) is 13.6. The van der Waals surface area contributed by atoms with Crippen LogP contribution in [-0.2, 0) is 22.4 Å². The summed E-state index contributed by atoms with van der Waals surface area (Å²) in [6.45, 7) is 2.51. The lowest BCUT2D eigenvalue weighted by molar-refractivity contribution is -0.145. The number of halogens is 2. The highest BCUT2D eigenvalue weighted by atomic mass is 35.5. The van der Waals surface area contributed by atoms with Gasteiger partial charge < -0.3 is 25.4 Å². The zero-order valence-electron chi connectivity index (χ0n) is 17.6. The summed E-state index contributed by atoms with van der Waals surface area (Å²) in [4.78, 5) is 11.5. The number of hydrogen-bond donors (Lipinski definition) is 2. The monoisotopic (exact) mass is 471 g/mol. The maximum absolute atomic E-state index is 11.5. The molecule has 0 aromatic heterocycles. The van der Waals surface area contributed by atoms with Crippen LogP contribution in [0, 0.1) is 0 Å². The molecule has 0 saturated heterocycles. The van der Waals surface area contributed by atoms with E-state index in [9.17, 15) is 9.90 Å². The molecule has 3 rings (SSSR count). The van der Waals surface area contributed by atoms with Crippen molar-refractivity contribution in [1.29, 1.82) is 0 Å². The van der Waals surface area contributed by atoms with Gasteiger partial charge in [0.05, 0.1) is 12.7 Å². The molecule has 4 N–H and O–H groups in total. The molecule has 1 aliphatic rings. The number of benzene rings is 2. The van der Waals surface area contributed by atoms with Crippen molar-refractivity contribution in [3.8, 4) is 5.75 Å². The van der Waals surface area contributed by atoms with E-state index in [-0.39, 0.29) is 36.5 Å². The van der Waals surface area contributed by atoms with Crippen LogP contribution >= 0.6 is 24.0 Å². The summed E-state index contributed by atoms with van der Waals surface area (Å²) in [5.74, 6) is 0.313. The van der Waals surface area contributed by atoms with E-state index in [0.29, 0.717) is 23.9 Å². The Balaban J connectivity index is 0.00000240. The lowest BCUT2D eigenvalue weighted by Gasteiger charge is -2.20. The van der Waals surface area contributed by atoms with Gasteiger partial charge in [-0.15, -0.1) is 12.4 Å². The average Bonchev–Trinajstić information content (AvgIpc) is 2.92. The molecule has 172 valence electrons. The van der Waals surface area contributed by atoms with Gasteiger partial charge >= 0.3 is 5.97 Å². The molecule has 0 saturated carbocycles. The quantitative estimate of drug-likeness (QED) is 0.453. The van der Waals surface area contributed by atoms with Gasteiger partial charge in [0.15, 0.2) is 6.61 Å². The normalized spacial score (nSPS) is 16.0. The van der Waals surface area contributed by atoms with Gasteiger partial charge in [-0.1, -0.05) is 29.8 Å². The van der Waals surface area contributed by atoms with Crippen molar-refractivity contribution in [2.24, 2.45) is 0 Å². The molecular formula is C23H31Cl2NO5. The van der Waals surface area contributed by atoms with E-state index in [0.717, 1.165) is 31.2 Å². The number of ether oxygens (including phenoxy) is 2. The van der Waals surface area contributed by atoms with Gasteiger partial charge in [-0.2, -0.15) is 0 Å². The van der Waals surface area contributed by atoms with Crippen molar-refractivity contribution in [3.63, 3.8) is 0 Å². The van der Waals surface area contributed by atoms with E-state index < -0.39 is 6.10 Å². The highest BCUT2D eigenvalue weighted by Crippen LogP contribution is 2.26. The van der Waals surface area contributed by atoms with E-state index in [4.69, 9.17) is 21.1 Å². The van der Waals surface area contributed by atoms with Crippen LogP contribution < -0.4 is 10.1 Å². The molecule has 2 aromatic rings. The second-order valence-corrected chi connectivity index (χ2v) is 7.73. The molecule has 0 radical (unpaired) electrons. The van der Waals surface area contributed by atoms with Crippen LogP contribution in [-0.4, -0.2) is 42.4 Å². The first-order chi connectivity index (χ1) is 14.0. The summed E-state index contributed by atoms with van der Waals surface area (Å²) in [5, 5.41) is 14.6. The summed E-state index contributed by atoms with van der Waals surface area (Å²) in [7, 11) is 0. The molecule has 2 atom stereocenters. The Morgan fingerprint density at radius 2 is 2.06 bits per heavy atom. The molecule has 0 fully saturated rings. The fourth-order valence-electron chi connectivity index (χ4n) is 3.66. The van der Waals surface area contributed by atoms with Gasteiger partial charge in [0.25, 0.3) is 0 Å². The van der Waals surface area contributed by atoms with Crippen LogP contribution in [0.4, 0.5) is 0 Å². The number of aliphatic hydroxyl groups excluding tert-OH is 1. The number of fused-ring (bicyclic) bond motifs is 1. The lowest BCUT2D eigenvalue weighted by Crippen LogP contribution is -2.34. The summed E-state index contributed by atoms with van der Waals surface area (Å²) in [5.41, 5.74) is 3.35. The zero-order valence-corrected chi connectivity index (χ0v) is 19.2. The molecule has 2 aromatic carbocycles. The number of nitrogens with one attached hydrogen (secondary N) is 1. The molecule has 0 aliphatic heterocycles. The van der Waals surface area contributed by atoms with Gasteiger partial charge in [-0.05, 0) is 73.6 Å². The van der Waals surface area contributed by atoms with Gasteiger partial charge in [-0.3, -0.25) is 0 Å². The molecular weight excluding hydrogens is 441 g/mol. The van der Waals surface area contributed by atoms with E-state index in [2.05, 4.69) is 11.4 Å². The van der Waals surface area contributed by atoms with E-state index >= 15 is 0 Å². The first kappa shape index (κ1) is 27.2. The molecule has 0 amide bonds. The molecule has 8 heteroatoms. The molecule has 1 aliphatic carbocycles. The van der Waals surface area contributed by atoms with Crippen molar-refractivity contribution < 1.29 is 24.9 Å². The first-order valence-electron chi connectivity index (χ1n) is 10.1. The Morgan fingerprint density at radius 3 is 2.81 bits per heavy atom. The molecule has 0 heterocycles. The van der Waals surface area contributed by atoms with Crippen LogP contribution in [0.5, 0.6) is 5.75 Å². The van der Waals surface area contributed by atoms with Gasteiger partial charge in [0.1, 0.15) is 5.75 Å². The third kappa shape index (κ3) is 8.31. The zero-order chi connectivity index (χ0) is 20.6. The van der Waals surface area contributed by atoms with Crippen LogP contribution in [0.25, 0.3) is 0 Å². The van der Waals surface area contributed by atoms with E-state index in [1.165, 1.54) is 11.1 Å². The second kappa shape index (κ2) is 13.6. The third-order valence-corrected chi connectivity index (χ3v) is 5.37. The Bertz CT molecular complexity index is 833. The van der Waals surface area contributed by atoms with E-state index in [1.54, 1.807) is 19.1 Å². The topological polar surface area (TPSA) is 99.3 Å². The number of aryl methyl sites for hydroxylation is 1. The van der Waals surface area contributed by atoms with Crippen molar-refractivity contribution in [1.82, 2.24) is 5.32 Å². The fraction of sp³-hybridized carbons (Fsp3) is 0.435. The second-order valence-electron chi connectivity index (χ2n) is 7.30. The minimum atomic E-state index is -0.601. The third-order valence-electron chi connectivity index (χ3n) is 5.14. The van der Waals surface area contributed by atoms with Gasteiger partial charge in [0.2, 0.25) is 0 Å². The fourth-order valence-corrected chi connectivity index (χ4v) is 3.86. The maximum atomic E-state index is 11.5. The van der Waals surface area contributed by atoms with Crippen molar-refractivity contribution in [2.75, 3.05) is 19.8 Å². The predicted molar refractivity (Wildman–Crippen MR) is 124 cm³/mol. The maximum Gasteiger partial charge on any atom is 0.344 e. The van der Waals surface area contributed by atoms with Crippen molar-refractivity contribution in [3.05, 3.63) is 64.2 Å². The van der Waals surface area contributed by atoms with Crippen LogP contribution in [0.2, 0.25) is 5.02 Å². The molecule has 6 nitrogen and oxygen atoms in total. The predicted octanol–water partition coefficient (Wildman–Crippen LogP) is 3.45. The van der Waals surface area contributed by atoms with Crippen LogP contribution in [0.1, 0.15) is 42.6 Å². The molecule has 0 bridgehead atoms. The number of esters is 1. The number of carbonyl (C=O) groups excluding carboxylic acids is 1. The number of carbonyl (C=O) groups is 1. The number of hydrogen-bond acceptors (Lipinski definition) is 5. The number of rotatable bonds is 8. The van der Waals surface area contributed by atoms with Crippen molar-refractivity contribution >= 4 is 30.0 Å². The smallest absolute Gasteiger partial charge is 0.344 e. The minimum Gasteiger partial charge on any atom is -0.482 e. The average molecular weight is 472 g/mol. The number of aliphatic hydroxyl groups is 1. The Morgan fingerprint density at radius 1 is 1.26 bits per heavy atom. The molecule has 0 spiro atoms. The first-order valence-corrected chi connectivity index (χ1v) is 10.5. The van der Waals surface area contributed by atoms with E-state index in [1.807, 2.05) is 24.3 Å². The summed E-state index contributed by atoms with van der Waals surface area (Å²) >= 11 is 6.02. The van der Waals surface area contributed by atoms with Gasteiger partial charge in [0, 0.05) is 17.6 Å². The standard InChI is InChI=1S/C23H28ClNO4.ClH.H2O/c1-2-28-23(27)15-29-21-10-9-16-5-4-8-20(12-18(16)13-21)25-14-22(26)17-6-3-7-19(24)11-17;;/h3,6-7,9-11,13,20,22,25-26H,2,4-5,8,12,14-15H2,1H3;1H;1H2/t20-,22-;;/m0../s1. The summed E-state index contributed by atoms with van der Waals surface area (Å²) < 4.78 is 10.5. The minimum absolute atomic E-state index is 0. The Hall–Kier alpha value is -1.83. The Labute approximate surface area is 194 Å². The van der Waals surface area contributed by atoms with Crippen molar-refractivity contribution in [2.45, 2.75) is 44.8 Å². The summed E-state index contributed by atoms with van der Waals surface area (Å²) in [6.07, 6.45) is 3.39. The van der Waals surface area contributed by atoms with Crippen LogP contribution in [0.15, 0.2) is 42.5 Å². The molecule has 0 unspecified atom stereocenters. The lowest BCUT2D eigenvalue weighted by atomic mass is 10.0. The van der Waals surface area contributed by atoms with Gasteiger partial charge in [-0.25, -0.2) is 4.79 Å². The molecule has 31 heavy (non-hydrogen) atoms.